The van der Waals surface area contributed by atoms with Crippen molar-refractivity contribution in [2.75, 3.05) is 39.6 Å². The molecule has 5 rings (SSSR count). The van der Waals surface area contributed by atoms with Gasteiger partial charge in [0.05, 0.1) is 45.7 Å². The Bertz CT molecular complexity index is 1400. The van der Waals surface area contributed by atoms with Crippen LogP contribution in [-0.2, 0) is 52.2 Å². The lowest BCUT2D eigenvalue weighted by molar-refractivity contribution is -0.383. The summed E-state index contributed by atoms with van der Waals surface area (Å²) in [5.41, 5.74) is 0. The van der Waals surface area contributed by atoms with Crippen LogP contribution in [-0.4, -0.2) is 270 Å². The lowest BCUT2D eigenvalue weighted by Crippen LogP contribution is -2.70. The SMILES string of the molecule is CC(=O)N[C@H]1[C@H](O[C@H]2[C@H](O)[C@@H](NC(C)=O)CO[C@@H]2CO)O[C@H](CO)[C@@H](O[C@@H]2O[C@H](CO[C@H]3O[C@H](CO)[C@@H](O)[C@H](O)[C@@H]3O)[C@@H](O)[C@H](O[C@H]3O[C@H](CO)[C@@H](O)[C@H](O)[C@@H]3O)[C@@H]2O)[C@@H]1O. The third-order valence-corrected chi connectivity index (χ3v) is 11.0. The molecule has 16 N–H and O–H groups in total. The van der Waals surface area contributed by atoms with Crippen LogP contribution in [0.4, 0.5) is 0 Å². The Hall–Kier alpha value is -1.98. The Morgan fingerprint density at radius 1 is 0.475 bits per heavy atom. The Morgan fingerprint density at radius 2 is 0.934 bits per heavy atom. The number of amides is 2. The molecule has 0 radical (unpaired) electrons. The van der Waals surface area contributed by atoms with E-state index < -0.39 is 192 Å². The van der Waals surface area contributed by atoms with E-state index >= 15 is 0 Å². The average Bonchev–Trinajstić information content (AvgIpc) is 3.22. The van der Waals surface area contributed by atoms with Gasteiger partial charge in [0.25, 0.3) is 0 Å². The van der Waals surface area contributed by atoms with Gasteiger partial charge in [0.15, 0.2) is 25.2 Å². The van der Waals surface area contributed by atoms with Gasteiger partial charge >= 0.3 is 0 Å². The molecule has 24 atom stereocenters. The van der Waals surface area contributed by atoms with Gasteiger partial charge in [-0.3, -0.25) is 9.59 Å². The van der Waals surface area contributed by atoms with Crippen molar-refractivity contribution in [1.29, 1.82) is 0 Å². The lowest BCUT2D eigenvalue weighted by Gasteiger charge is -2.50. The van der Waals surface area contributed by atoms with E-state index in [4.69, 9.17) is 42.6 Å². The Kier molecular flexibility index (Phi) is 17.9. The Morgan fingerprint density at radius 3 is 1.49 bits per heavy atom. The highest BCUT2D eigenvalue weighted by Gasteiger charge is 2.56. The summed E-state index contributed by atoms with van der Waals surface area (Å²) in [6.07, 6.45) is -39.2. The molecule has 0 unspecified atom stereocenters. The van der Waals surface area contributed by atoms with Crippen molar-refractivity contribution >= 4 is 11.8 Å². The highest BCUT2D eigenvalue weighted by molar-refractivity contribution is 5.73. The van der Waals surface area contributed by atoms with Crippen LogP contribution in [0, 0.1) is 0 Å². The second-order valence-corrected chi connectivity index (χ2v) is 15.3. The molecule has 0 aromatic carbocycles. The number of carbonyl (C=O) groups excluding carboxylic acids is 2. The number of carbonyl (C=O) groups is 2. The Balaban J connectivity index is 1.41. The first-order valence-electron chi connectivity index (χ1n) is 19.5. The Labute approximate surface area is 346 Å². The predicted molar refractivity (Wildman–Crippen MR) is 189 cm³/mol. The molecule has 0 spiro atoms. The van der Waals surface area contributed by atoms with Gasteiger partial charge in [0.1, 0.15) is 116 Å². The van der Waals surface area contributed by atoms with Crippen LogP contribution in [0.1, 0.15) is 13.8 Å². The van der Waals surface area contributed by atoms with Crippen LogP contribution in [0.25, 0.3) is 0 Å². The highest BCUT2D eigenvalue weighted by atomic mass is 16.8. The third-order valence-electron chi connectivity index (χ3n) is 11.0. The van der Waals surface area contributed by atoms with Crippen LogP contribution >= 0.6 is 0 Å². The zero-order valence-electron chi connectivity index (χ0n) is 32.9. The standard InChI is InChI=1S/C34H58N2O25/c1-9(41)35-11-7-53-14(5-39)28(18(11)43)59-31-17(36-10(2)42)22(47)29(15(6-40)57-31)60-34-27(52)30(61-33-26(51)24(49)20(45)13(4-38)56-33)21(46)16(58-34)8-54-32-25(50)23(48)19(44)12(3-37)55-32/h11-34,37-40,43-52H,3-8H2,1-2H3,(H,35,41)(H,36,42)/t11-,12+,13+,14+,15+,16+,17+,18+,19+,20+,21+,22+,23-,24-,25-,26-,27-,28+,29+,30-,31-,32-,33+,34-/m0/s1. The van der Waals surface area contributed by atoms with Crippen molar-refractivity contribution < 1.29 is 124 Å². The largest absolute Gasteiger partial charge is 0.394 e. The molecule has 5 fully saturated rings. The molecule has 0 aromatic heterocycles. The summed E-state index contributed by atoms with van der Waals surface area (Å²) in [4.78, 5) is 24.2. The topological polar surface area (TPSA) is 424 Å². The van der Waals surface area contributed by atoms with Gasteiger partial charge in [0.2, 0.25) is 11.8 Å². The van der Waals surface area contributed by atoms with Crippen molar-refractivity contribution in [1.82, 2.24) is 10.6 Å². The van der Waals surface area contributed by atoms with Crippen molar-refractivity contribution in [2.24, 2.45) is 0 Å². The van der Waals surface area contributed by atoms with E-state index in [9.17, 15) is 81.1 Å². The molecule has 5 saturated heterocycles. The number of nitrogens with one attached hydrogen (secondary N) is 2. The summed E-state index contributed by atoms with van der Waals surface area (Å²) in [5, 5.41) is 153. The summed E-state index contributed by atoms with van der Waals surface area (Å²) in [6.45, 7) is -2.14. The molecule has 354 valence electrons. The van der Waals surface area contributed by atoms with Crippen molar-refractivity contribution in [3.63, 3.8) is 0 Å². The van der Waals surface area contributed by atoms with Gasteiger partial charge in [-0.25, -0.2) is 0 Å². The molecular formula is C34H58N2O25. The van der Waals surface area contributed by atoms with Gasteiger partial charge in [-0.05, 0) is 0 Å². The number of aliphatic hydroxyl groups is 14. The number of ether oxygens (including phenoxy) is 9. The van der Waals surface area contributed by atoms with Crippen LogP contribution in [0.2, 0.25) is 0 Å². The van der Waals surface area contributed by atoms with Gasteiger partial charge in [0, 0.05) is 13.8 Å². The maximum absolute atomic E-state index is 12.4. The summed E-state index contributed by atoms with van der Waals surface area (Å²) >= 11 is 0. The first-order chi connectivity index (χ1) is 28.9. The predicted octanol–water partition coefficient (Wildman–Crippen LogP) is -11.0. The molecular weight excluding hydrogens is 836 g/mol. The van der Waals surface area contributed by atoms with E-state index in [-0.39, 0.29) is 6.61 Å². The van der Waals surface area contributed by atoms with Gasteiger partial charge < -0.3 is 125 Å². The third kappa shape index (κ3) is 11.1. The molecule has 27 heteroatoms. The van der Waals surface area contributed by atoms with Gasteiger partial charge in [-0.1, -0.05) is 0 Å². The normalized spacial score (nSPS) is 48.3. The molecule has 27 nitrogen and oxygen atoms in total. The summed E-state index contributed by atoms with van der Waals surface area (Å²) in [5.74, 6) is -1.29. The fourth-order valence-electron chi connectivity index (χ4n) is 7.67. The summed E-state index contributed by atoms with van der Waals surface area (Å²) in [7, 11) is 0. The maximum Gasteiger partial charge on any atom is 0.217 e. The molecule has 5 aliphatic heterocycles. The quantitative estimate of drug-likeness (QED) is 0.0726. The van der Waals surface area contributed by atoms with E-state index in [0.717, 1.165) is 6.92 Å². The van der Waals surface area contributed by atoms with Crippen molar-refractivity contribution in [2.45, 2.75) is 161 Å². The number of rotatable bonds is 15. The molecule has 5 aliphatic rings. The number of aliphatic hydroxyl groups excluding tert-OH is 14. The van der Waals surface area contributed by atoms with E-state index in [0.29, 0.717) is 0 Å². The van der Waals surface area contributed by atoms with Crippen molar-refractivity contribution in [3.05, 3.63) is 0 Å². The number of hydrogen-bond donors (Lipinski definition) is 16. The van der Waals surface area contributed by atoms with Crippen LogP contribution in [0.3, 0.4) is 0 Å². The van der Waals surface area contributed by atoms with E-state index in [1.165, 1.54) is 6.92 Å². The lowest BCUT2D eigenvalue weighted by atomic mass is 9.94. The minimum absolute atomic E-state index is 0.224. The summed E-state index contributed by atoms with van der Waals surface area (Å²) < 4.78 is 51.2. The molecule has 0 aliphatic carbocycles. The maximum atomic E-state index is 12.4. The first kappa shape index (κ1) is 50.0. The highest BCUT2D eigenvalue weighted by Crippen LogP contribution is 2.35. The number of hydrogen-bond acceptors (Lipinski definition) is 25. The summed E-state index contributed by atoms with van der Waals surface area (Å²) in [6, 6.07) is -2.64. The fraction of sp³-hybridized carbons (Fsp3) is 0.941. The molecule has 5 heterocycles. The van der Waals surface area contributed by atoms with Crippen LogP contribution < -0.4 is 10.6 Å². The molecule has 0 aromatic rings. The molecule has 61 heavy (non-hydrogen) atoms. The minimum Gasteiger partial charge on any atom is -0.394 e. The first-order valence-corrected chi connectivity index (χ1v) is 19.5. The molecule has 0 bridgehead atoms. The second-order valence-electron chi connectivity index (χ2n) is 15.3. The van der Waals surface area contributed by atoms with Crippen LogP contribution in [0.5, 0.6) is 0 Å². The minimum atomic E-state index is -2.16. The van der Waals surface area contributed by atoms with Crippen molar-refractivity contribution in [3.8, 4) is 0 Å². The zero-order chi connectivity index (χ0) is 45.0. The molecule has 0 saturated carbocycles. The van der Waals surface area contributed by atoms with Gasteiger partial charge in [-0.15, -0.1) is 0 Å². The van der Waals surface area contributed by atoms with Crippen LogP contribution in [0.15, 0.2) is 0 Å². The zero-order valence-corrected chi connectivity index (χ0v) is 32.9. The van der Waals surface area contributed by atoms with E-state index in [1.807, 2.05) is 0 Å². The second kappa shape index (κ2) is 21.8. The average molecular weight is 895 g/mol. The van der Waals surface area contributed by atoms with E-state index in [1.54, 1.807) is 0 Å². The van der Waals surface area contributed by atoms with E-state index in [2.05, 4.69) is 10.6 Å². The van der Waals surface area contributed by atoms with Gasteiger partial charge in [-0.2, -0.15) is 0 Å². The monoisotopic (exact) mass is 894 g/mol. The smallest absolute Gasteiger partial charge is 0.217 e. The molecule has 2 amide bonds. The fourth-order valence-corrected chi connectivity index (χ4v) is 7.67.